The van der Waals surface area contributed by atoms with Crippen molar-refractivity contribution in [1.82, 2.24) is 15.1 Å². The Morgan fingerprint density at radius 2 is 1.85 bits per heavy atom. The zero-order valence-electron chi connectivity index (χ0n) is 19.6. The van der Waals surface area contributed by atoms with Crippen LogP contribution in [0.4, 0.5) is 0 Å². The van der Waals surface area contributed by atoms with Gasteiger partial charge in [-0.1, -0.05) is 29.3 Å². The highest BCUT2D eigenvalue weighted by molar-refractivity contribution is 8.00. The maximum absolute atomic E-state index is 12.6. The molecule has 1 aliphatic heterocycles. The zero-order chi connectivity index (χ0) is 25.4. The summed E-state index contributed by atoms with van der Waals surface area (Å²) in [5.74, 6) is -0.967. The molecular formula is C23H29Cl2N3O5S. The number of nitrogens with zero attached hydrogens (tertiary/aromatic N) is 2. The number of halogens is 2. The molecule has 0 radical (unpaired) electrons. The van der Waals surface area contributed by atoms with Gasteiger partial charge in [0.2, 0.25) is 17.7 Å². The van der Waals surface area contributed by atoms with Crippen LogP contribution in [0.1, 0.15) is 25.3 Å². The number of hydrogen-bond acceptors (Lipinski definition) is 6. The minimum atomic E-state index is -0.713. The van der Waals surface area contributed by atoms with E-state index in [-0.39, 0.29) is 29.4 Å². The lowest BCUT2D eigenvalue weighted by molar-refractivity contribution is -0.145. The molecule has 0 saturated carbocycles. The van der Waals surface area contributed by atoms with E-state index in [9.17, 15) is 19.2 Å². The van der Waals surface area contributed by atoms with Crippen molar-refractivity contribution in [3.05, 3.63) is 33.8 Å². The highest BCUT2D eigenvalue weighted by atomic mass is 35.5. The summed E-state index contributed by atoms with van der Waals surface area (Å²) in [5, 5.41) is 3.29. The van der Waals surface area contributed by atoms with E-state index in [4.69, 9.17) is 23.2 Å². The van der Waals surface area contributed by atoms with E-state index in [0.29, 0.717) is 46.4 Å². The van der Waals surface area contributed by atoms with Crippen molar-refractivity contribution in [2.24, 2.45) is 5.92 Å². The molecule has 34 heavy (non-hydrogen) atoms. The van der Waals surface area contributed by atoms with Crippen molar-refractivity contribution in [2.75, 3.05) is 40.0 Å². The number of esters is 1. The number of amides is 3. The Hall–Kier alpha value is -2.23. The molecule has 0 bridgehead atoms. The molecule has 1 N–H and O–H groups in total. The van der Waals surface area contributed by atoms with Gasteiger partial charge in [-0.25, -0.2) is 4.79 Å². The lowest BCUT2D eigenvalue weighted by Crippen LogP contribution is -2.46. The first-order valence-corrected chi connectivity index (χ1v) is 12.5. The SMILES string of the molecule is COC(=O)C(C)NC(=O)C1CCN(C(=O)C=Cc2ccc(SCC(=O)N(C)C)c(Cl)c2Cl)CC1. The normalized spacial score (nSPS) is 15.2. The van der Waals surface area contributed by atoms with Gasteiger partial charge in [-0.2, -0.15) is 0 Å². The molecule has 0 aromatic heterocycles. The molecule has 0 aliphatic carbocycles. The standard InChI is InChI=1S/C23H29Cl2N3O5S/c1-14(23(32)33-4)26-22(31)16-9-11-28(12-10-16)18(29)8-6-15-5-7-17(21(25)20(15)24)34-13-19(30)27(2)3/h5-8,14,16H,9-13H2,1-4H3,(H,26,31). The molecular weight excluding hydrogens is 501 g/mol. The van der Waals surface area contributed by atoms with E-state index in [2.05, 4.69) is 10.1 Å². The number of carbonyl (C=O) groups excluding carboxylic acids is 4. The smallest absolute Gasteiger partial charge is 0.328 e. The topological polar surface area (TPSA) is 96.0 Å². The van der Waals surface area contributed by atoms with Crippen molar-refractivity contribution in [1.29, 1.82) is 0 Å². The van der Waals surface area contributed by atoms with Gasteiger partial charge in [0, 0.05) is 44.1 Å². The summed E-state index contributed by atoms with van der Waals surface area (Å²) >= 11 is 14.0. The predicted molar refractivity (Wildman–Crippen MR) is 134 cm³/mol. The highest BCUT2D eigenvalue weighted by Gasteiger charge is 2.28. The average molecular weight is 530 g/mol. The second kappa shape index (κ2) is 13.0. The maximum atomic E-state index is 12.6. The first-order valence-electron chi connectivity index (χ1n) is 10.7. The van der Waals surface area contributed by atoms with E-state index in [0.717, 1.165) is 0 Å². The molecule has 1 aliphatic rings. The second-order valence-electron chi connectivity index (χ2n) is 8.04. The van der Waals surface area contributed by atoms with Crippen LogP contribution in [0.15, 0.2) is 23.1 Å². The van der Waals surface area contributed by atoms with Crippen LogP contribution in [0.2, 0.25) is 10.0 Å². The fourth-order valence-electron chi connectivity index (χ4n) is 3.25. The van der Waals surface area contributed by atoms with Crippen molar-refractivity contribution in [3.8, 4) is 0 Å². The van der Waals surface area contributed by atoms with Gasteiger partial charge in [0.1, 0.15) is 6.04 Å². The molecule has 1 saturated heterocycles. The first-order chi connectivity index (χ1) is 16.0. The molecule has 8 nitrogen and oxygen atoms in total. The Morgan fingerprint density at radius 1 is 1.21 bits per heavy atom. The third-order valence-corrected chi connectivity index (χ3v) is 7.47. The maximum Gasteiger partial charge on any atom is 0.328 e. The Morgan fingerprint density at radius 3 is 2.44 bits per heavy atom. The van der Waals surface area contributed by atoms with Crippen LogP contribution in [0, 0.1) is 5.92 Å². The summed E-state index contributed by atoms with van der Waals surface area (Å²) in [6.07, 6.45) is 4.04. The van der Waals surface area contributed by atoms with E-state index in [1.807, 2.05) is 0 Å². The lowest BCUT2D eigenvalue weighted by atomic mass is 9.95. The summed E-state index contributed by atoms with van der Waals surface area (Å²) < 4.78 is 4.62. The first kappa shape index (κ1) is 28.0. The number of likely N-dealkylation sites (tertiary alicyclic amines) is 1. The quantitative estimate of drug-likeness (QED) is 0.315. The van der Waals surface area contributed by atoms with Gasteiger partial charge in [0.15, 0.2) is 0 Å². The van der Waals surface area contributed by atoms with E-state index >= 15 is 0 Å². The lowest BCUT2D eigenvalue weighted by Gasteiger charge is -2.31. The molecule has 1 fully saturated rings. The molecule has 11 heteroatoms. The molecule has 1 aromatic carbocycles. The predicted octanol–water partition coefficient (Wildman–Crippen LogP) is 3.10. The molecule has 1 atom stereocenters. The summed E-state index contributed by atoms with van der Waals surface area (Å²) in [6.45, 7) is 2.43. The van der Waals surface area contributed by atoms with Crippen LogP contribution < -0.4 is 5.32 Å². The Bertz CT molecular complexity index is 962. The Kier molecular flexibility index (Phi) is 10.7. The Balaban J connectivity index is 1.91. The molecule has 2 rings (SSSR count). The van der Waals surface area contributed by atoms with Crippen molar-refractivity contribution in [2.45, 2.75) is 30.7 Å². The van der Waals surface area contributed by atoms with Gasteiger partial charge in [0.05, 0.1) is 22.9 Å². The van der Waals surface area contributed by atoms with E-state index in [1.165, 1.54) is 29.8 Å². The molecule has 1 heterocycles. The van der Waals surface area contributed by atoms with Gasteiger partial charge in [0.25, 0.3) is 0 Å². The van der Waals surface area contributed by atoms with Gasteiger partial charge >= 0.3 is 5.97 Å². The highest BCUT2D eigenvalue weighted by Crippen LogP contribution is 2.36. The average Bonchev–Trinajstić information content (AvgIpc) is 2.83. The number of benzene rings is 1. The van der Waals surface area contributed by atoms with Crippen LogP contribution >= 0.6 is 35.0 Å². The minimum Gasteiger partial charge on any atom is -0.467 e. The van der Waals surface area contributed by atoms with Crippen molar-refractivity contribution in [3.63, 3.8) is 0 Å². The third kappa shape index (κ3) is 7.65. The number of ether oxygens (including phenoxy) is 1. The number of methoxy groups -OCH3 is 1. The van der Waals surface area contributed by atoms with Crippen molar-refractivity contribution >= 4 is 64.7 Å². The third-order valence-electron chi connectivity index (χ3n) is 5.42. The Labute approximate surface area is 213 Å². The van der Waals surface area contributed by atoms with Crippen LogP contribution in [0.3, 0.4) is 0 Å². The van der Waals surface area contributed by atoms with Crippen molar-refractivity contribution < 1.29 is 23.9 Å². The zero-order valence-corrected chi connectivity index (χ0v) is 21.9. The van der Waals surface area contributed by atoms with Crippen LogP contribution in [0.5, 0.6) is 0 Å². The van der Waals surface area contributed by atoms with Crippen LogP contribution in [-0.2, 0) is 23.9 Å². The van der Waals surface area contributed by atoms with Gasteiger partial charge < -0.3 is 19.9 Å². The van der Waals surface area contributed by atoms with Gasteiger partial charge in [-0.3, -0.25) is 14.4 Å². The molecule has 3 amide bonds. The second-order valence-corrected chi connectivity index (χ2v) is 9.82. The van der Waals surface area contributed by atoms with Crippen LogP contribution in [-0.4, -0.2) is 79.6 Å². The van der Waals surface area contributed by atoms with Crippen LogP contribution in [0.25, 0.3) is 6.08 Å². The van der Waals surface area contributed by atoms with E-state index in [1.54, 1.807) is 44.1 Å². The van der Waals surface area contributed by atoms with E-state index < -0.39 is 12.0 Å². The number of rotatable bonds is 8. The largest absolute Gasteiger partial charge is 0.467 e. The molecule has 0 spiro atoms. The number of hydrogen-bond donors (Lipinski definition) is 1. The molecule has 186 valence electrons. The van der Waals surface area contributed by atoms with Gasteiger partial charge in [-0.05, 0) is 37.5 Å². The van der Waals surface area contributed by atoms with Gasteiger partial charge in [-0.15, -0.1) is 11.8 Å². The fraction of sp³-hybridized carbons (Fsp3) is 0.478. The number of carbonyl (C=O) groups is 4. The number of nitrogens with one attached hydrogen (secondary N) is 1. The summed E-state index contributed by atoms with van der Waals surface area (Å²) in [6, 6.07) is 2.81. The number of piperidine rings is 1. The summed E-state index contributed by atoms with van der Waals surface area (Å²) in [5.41, 5.74) is 0.592. The summed E-state index contributed by atoms with van der Waals surface area (Å²) in [7, 11) is 4.64. The number of thioether (sulfide) groups is 1. The molecule has 1 aromatic rings. The monoisotopic (exact) mass is 529 g/mol. The fourth-order valence-corrected chi connectivity index (χ4v) is 4.80. The minimum absolute atomic E-state index is 0.0361. The molecule has 1 unspecified atom stereocenters. The summed E-state index contributed by atoms with van der Waals surface area (Å²) in [4.78, 5) is 52.1.